The highest BCUT2D eigenvalue weighted by Crippen LogP contribution is 2.21. The van der Waals surface area contributed by atoms with E-state index in [1.165, 1.54) is 0 Å². The summed E-state index contributed by atoms with van der Waals surface area (Å²) in [6.45, 7) is 4.36. The molecule has 1 atom stereocenters. The van der Waals surface area contributed by atoms with Crippen LogP contribution in [0.1, 0.15) is 13.3 Å². The summed E-state index contributed by atoms with van der Waals surface area (Å²) in [4.78, 5) is 0. The molecule has 0 saturated carbocycles. The lowest BCUT2D eigenvalue weighted by Gasteiger charge is -2.14. The van der Waals surface area contributed by atoms with E-state index in [0.29, 0.717) is 0 Å². The van der Waals surface area contributed by atoms with E-state index in [-0.39, 0.29) is 0 Å². The van der Waals surface area contributed by atoms with Crippen molar-refractivity contribution < 1.29 is 0 Å². The van der Waals surface area contributed by atoms with E-state index >= 15 is 0 Å². The van der Waals surface area contributed by atoms with Crippen molar-refractivity contribution in [1.29, 1.82) is 0 Å². The van der Waals surface area contributed by atoms with Crippen LogP contribution in [0, 0.1) is 0 Å². The van der Waals surface area contributed by atoms with Crippen LogP contribution in [0.4, 0.5) is 0 Å². The van der Waals surface area contributed by atoms with Gasteiger partial charge in [-0.2, -0.15) is 11.1 Å². The molecule has 0 heterocycles. The quantitative estimate of drug-likeness (QED) is 0.357. The molecule has 0 amide bonds. The van der Waals surface area contributed by atoms with Gasteiger partial charge in [-0.25, -0.2) is 0 Å². The van der Waals surface area contributed by atoms with Gasteiger partial charge in [-0.05, 0) is 18.5 Å². The van der Waals surface area contributed by atoms with Crippen molar-refractivity contribution in [3.8, 4) is 0 Å². The molecule has 0 saturated heterocycles. The third kappa shape index (κ3) is 5.25. The van der Waals surface area contributed by atoms with Crippen LogP contribution in [0.25, 0.3) is 0 Å². The van der Waals surface area contributed by atoms with Gasteiger partial charge in [0.05, 0.1) is 0 Å². The van der Waals surface area contributed by atoms with Crippen molar-refractivity contribution in [3.05, 3.63) is 0 Å². The Morgan fingerprint density at radius 2 is 2.00 bits per heavy atom. The predicted molar refractivity (Wildman–Crippen MR) is 48.1 cm³/mol. The first kappa shape index (κ1) is 9.80. The van der Waals surface area contributed by atoms with Crippen LogP contribution < -0.4 is 0 Å². The summed E-state index contributed by atoms with van der Waals surface area (Å²) in [5, 5.41) is 0. The van der Waals surface area contributed by atoms with E-state index in [1.54, 1.807) is 0 Å². The molecule has 9 heavy (non-hydrogen) atoms. The van der Waals surface area contributed by atoms with Crippen LogP contribution >= 0.6 is 22.7 Å². The molecule has 56 valence electrons. The zero-order valence-corrected chi connectivity index (χ0v) is 8.60. The molecule has 3 heteroatoms. The van der Waals surface area contributed by atoms with Gasteiger partial charge in [-0.1, -0.05) is 13.5 Å². The van der Waals surface area contributed by atoms with Gasteiger partial charge in [-0.15, -0.1) is 11.6 Å². The maximum atomic E-state index is 6.18. The second-order valence-electron chi connectivity index (χ2n) is 2.56. The average Bonchev–Trinajstić information content (AvgIpc) is 1.84. The third-order valence-electron chi connectivity index (χ3n) is 1.57. The molecule has 0 rings (SSSR count). The SMILES string of the molecule is CC[Si](C)(Cl)CCCCl. The Kier molecular flexibility index (Phi) is 4.99. The molecular weight excluding hydrogens is 171 g/mol. The summed E-state index contributed by atoms with van der Waals surface area (Å²) in [6.07, 6.45) is 1.08. The number of halogens is 2. The third-order valence-corrected chi connectivity index (χ3v) is 6.08. The van der Waals surface area contributed by atoms with Gasteiger partial charge in [0, 0.05) is 5.88 Å². The lowest BCUT2D eigenvalue weighted by molar-refractivity contribution is 1.05. The molecule has 0 N–H and O–H groups in total. The second-order valence-corrected chi connectivity index (χ2v) is 9.71. The Bertz CT molecular complexity index is 73.5. The molecule has 0 aromatic rings. The van der Waals surface area contributed by atoms with Crippen LogP contribution in [0.15, 0.2) is 0 Å². The van der Waals surface area contributed by atoms with Gasteiger partial charge < -0.3 is 0 Å². The van der Waals surface area contributed by atoms with Crippen LogP contribution in [0.5, 0.6) is 0 Å². The molecular formula is C6H14Cl2Si. The first-order valence-corrected chi connectivity index (χ1v) is 7.83. The molecule has 0 nitrogen and oxygen atoms in total. The van der Waals surface area contributed by atoms with E-state index < -0.39 is 7.38 Å². The van der Waals surface area contributed by atoms with Gasteiger partial charge in [0.15, 0.2) is 7.38 Å². The van der Waals surface area contributed by atoms with E-state index in [4.69, 9.17) is 22.7 Å². The van der Waals surface area contributed by atoms with Crippen molar-refractivity contribution in [2.75, 3.05) is 5.88 Å². The lowest BCUT2D eigenvalue weighted by Crippen LogP contribution is -2.19. The zero-order valence-electron chi connectivity index (χ0n) is 6.08. The van der Waals surface area contributed by atoms with Crippen LogP contribution in [-0.4, -0.2) is 13.3 Å². The number of rotatable bonds is 4. The number of hydrogen-bond acceptors (Lipinski definition) is 0. The molecule has 0 radical (unpaired) electrons. The second kappa shape index (κ2) is 4.59. The minimum absolute atomic E-state index is 0.759. The molecule has 0 aliphatic carbocycles. The summed E-state index contributed by atoms with van der Waals surface area (Å²) < 4.78 is 0. The summed E-state index contributed by atoms with van der Waals surface area (Å²) in [5.74, 6) is 0.759. The van der Waals surface area contributed by atoms with Gasteiger partial charge in [-0.3, -0.25) is 0 Å². The topological polar surface area (TPSA) is 0 Å². The highest BCUT2D eigenvalue weighted by atomic mass is 35.6. The molecule has 0 bridgehead atoms. The summed E-state index contributed by atoms with van der Waals surface area (Å²) in [7, 11) is -1.31. The molecule has 1 unspecified atom stereocenters. The largest absolute Gasteiger partial charge is 0.167 e. The van der Waals surface area contributed by atoms with E-state index in [0.717, 1.165) is 24.4 Å². The smallest absolute Gasteiger partial charge is 0.153 e. The van der Waals surface area contributed by atoms with Crippen LogP contribution in [0.3, 0.4) is 0 Å². The summed E-state index contributed by atoms with van der Waals surface area (Å²) in [6, 6.07) is 2.32. The standard InChI is InChI=1S/C6H14Cl2Si/c1-3-9(2,8)6-4-5-7/h3-6H2,1-2H3. The van der Waals surface area contributed by atoms with Crippen molar-refractivity contribution in [2.45, 2.75) is 32.0 Å². The average molecular weight is 185 g/mol. The normalized spacial score (nSPS) is 17.3. The van der Waals surface area contributed by atoms with Crippen molar-refractivity contribution >= 4 is 30.1 Å². The van der Waals surface area contributed by atoms with E-state index in [1.807, 2.05) is 0 Å². The Morgan fingerprint density at radius 3 is 2.33 bits per heavy atom. The summed E-state index contributed by atoms with van der Waals surface area (Å²) in [5.41, 5.74) is 0. The Hall–Kier alpha value is 0.797. The Labute approximate surface area is 68.3 Å². The van der Waals surface area contributed by atoms with Crippen molar-refractivity contribution in [2.24, 2.45) is 0 Å². The molecule has 0 aromatic carbocycles. The van der Waals surface area contributed by atoms with Crippen LogP contribution in [-0.2, 0) is 0 Å². The highest BCUT2D eigenvalue weighted by molar-refractivity contribution is 7.19. The van der Waals surface area contributed by atoms with Gasteiger partial charge in [0.25, 0.3) is 0 Å². The minimum atomic E-state index is -1.31. The molecule has 0 fully saturated rings. The monoisotopic (exact) mass is 184 g/mol. The fourth-order valence-corrected chi connectivity index (χ4v) is 2.64. The highest BCUT2D eigenvalue weighted by Gasteiger charge is 2.20. The fourth-order valence-electron chi connectivity index (χ4n) is 0.612. The first-order valence-electron chi connectivity index (χ1n) is 3.37. The fraction of sp³-hybridized carbons (Fsp3) is 1.00. The Morgan fingerprint density at radius 1 is 1.44 bits per heavy atom. The molecule has 0 aliphatic rings. The van der Waals surface area contributed by atoms with E-state index in [2.05, 4.69) is 13.5 Å². The zero-order chi connectivity index (χ0) is 7.33. The maximum Gasteiger partial charge on any atom is 0.153 e. The van der Waals surface area contributed by atoms with Gasteiger partial charge in [0.2, 0.25) is 0 Å². The first-order chi connectivity index (χ1) is 4.12. The summed E-state index contributed by atoms with van der Waals surface area (Å²) >= 11 is 11.7. The van der Waals surface area contributed by atoms with E-state index in [9.17, 15) is 0 Å². The van der Waals surface area contributed by atoms with Crippen molar-refractivity contribution in [1.82, 2.24) is 0 Å². The number of hydrogen-bond donors (Lipinski definition) is 0. The molecule has 0 aliphatic heterocycles. The van der Waals surface area contributed by atoms with Gasteiger partial charge in [0.1, 0.15) is 0 Å². The van der Waals surface area contributed by atoms with Crippen LogP contribution in [0.2, 0.25) is 18.6 Å². The van der Waals surface area contributed by atoms with Gasteiger partial charge >= 0.3 is 0 Å². The predicted octanol–water partition coefficient (Wildman–Crippen LogP) is 3.45. The molecule has 0 spiro atoms. The van der Waals surface area contributed by atoms with Crippen molar-refractivity contribution in [3.63, 3.8) is 0 Å². The lowest BCUT2D eigenvalue weighted by atomic mass is 10.6. The Balaban J connectivity index is 3.33. The number of alkyl halides is 1. The maximum absolute atomic E-state index is 6.18. The molecule has 0 aromatic heterocycles. The minimum Gasteiger partial charge on any atom is -0.167 e.